The summed E-state index contributed by atoms with van der Waals surface area (Å²) in [5.74, 6) is 0. The standard InChI is InChI=1S/C42H27N/c1-3-13-28(14-4-1)29-23-25-31(26-24-29)43-39-22-12-11-21-36(39)41-40-34-19-9-7-17-32(34)37(30-15-5-2-6-16-30)27-38(40)33-18-8-10-20-35(33)42(41)43/h1-27H. The van der Waals surface area contributed by atoms with Crippen LogP contribution in [0.3, 0.4) is 0 Å². The van der Waals surface area contributed by atoms with Crippen molar-refractivity contribution in [1.29, 1.82) is 0 Å². The number of para-hydroxylation sites is 1. The highest BCUT2D eigenvalue weighted by atomic mass is 15.0. The van der Waals surface area contributed by atoms with Gasteiger partial charge >= 0.3 is 0 Å². The highest BCUT2D eigenvalue weighted by molar-refractivity contribution is 6.37. The minimum Gasteiger partial charge on any atom is -0.309 e. The van der Waals surface area contributed by atoms with Crippen LogP contribution in [0.1, 0.15) is 0 Å². The second-order valence-electron chi connectivity index (χ2n) is 11.3. The Morgan fingerprint density at radius 3 is 1.58 bits per heavy atom. The Morgan fingerprint density at radius 2 is 0.860 bits per heavy atom. The normalized spacial score (nSPS) is 11.7. The first kappa shape index (κ1) is 24.0. The number of rotatable bonds is 3. The van der Waals surface area contributed by atoms with Gasteiger partial charge in [0, 0.05) is 27.2 Å². The minimum absolute atomic E-state index is 1.17. The van der Waals surface area contributed by atoms with Crippen LogP contribution in [-0.4, -0.2) is 4.57 Å². The molecule has 8 aromatic carbocycles. The predicted molar refractivity (Wildman–Crippen MR) is 184 cm³/mol. The van der Waals surface area contributed by atoms with Gasteiger partial charge in [-0.05, 0) is 68.1 Å². The lowest BCUT2D eigenvalue weighted by atomic mass is 9.88. The minimum atomic E-state index is 1.17. The molecule has 0 atom stereocenters. The third-order valence-corrected chi connectivity index (χ3v) is 8.96. The third-order valence-electron chi connectivity index (χ3n) is 8.96. The second-order valence-corrected chi connectivity index (χ2v) is 11.3. The molecular formula is C42H27N. The van der Waals surface area contributed by atoms with Crippen LogP contribution in [0.4, 0.5) is 0 Å². The fraction of sp³-hybridized carbons (Fsp3) is 0. The van der Waals surface area contributed by atoms with E-state index >= 15 is 0 Å². The molecule has 0 fully saturated rings. The van der Waals surface area contributed by atoms with Crippen LogP contribution in [0, 0.1) is 0 Å². The van der Waals surface area contributed by atoms with E-state index in [-0.39, 0.29) is 0 Å². The van der Waals surface area contributed by atoms with E-state index < -0.39 is 0 Å². The number of fused-ring (bicyclic) bond motifs is 10. The summed E-state index contributed by atoms with van der Waals surface area (Å²) in [6.07, 6.45) is 0. The van der Waals surface area contributed by atoms with Crippen LogP contribution in [0.15, 0.2) is 164 Å². The van der Waals surface area contributed by atoms with Crippen LogP contribution in [0.5, 0.6) is 0 Å². The van der Waals surface area contributed by atoms with Gasteiger partial charge in [0.1, 0.15) is 0 Å². The molecule has 1 heterocycles. The third kappa shape index (κ3) is 3.58. The first-order chi connectivity index (χ1) is 21.4. The monoisotopic (exact) mass is 545 g/mol. The van der Waals surface area contributed by atoms with E-state index in [0.29, 0.717) is 0 Å². The van der Waals surface area contributed by atoms with Crippen LogP contribution >= 0.6 is 0 Å². The maximum atomic E-state index is 2.47. The quantitative estimate of drug-likeness (QED) is 0.195. The zero-order chi connectivity index (χ0) is 28.3. The summed E-state index contributed by atoms with van der Waals surface area (Å²) >= 11 is 0. The van der Waals surface area contributed by atoms with Crippen molar-refractivity contribution in [3.8, 4) is 27.9 Å². The molecule has 0 N–H and O–H groups in total. The molecule has 0 saturated heterocycles. The van der Waals surface area contributed by atoms with Gasteiger partial charge < -0.3 is 4.57 Å². The van der Waals surface area contributed by atoms with Gasteiger partial charge in [-0.1, -0.05) is 140 Å². The van der Waals surface area contributed by atoms with Crippen molar-refractivity contribution in [2.24, 2.45) is 0 Å². The maximum Gasteiger partial charge on any atom is 0.0626 e. The molecule has 1 aromatic heterocycles. The van der Waals surface area contributed by atoms with E-state index in [1.54, 1.807) is 0 Å². The van der Waals surface area contributed by atoms with Crippen LogP contribution < -0.4 is 0 Å². The van der Waals surface area contributed by atoms with Crippen molar-refractivity contribution in [2.75, 3.05) is 0 Å². The summed E-state index contributed by atoms with van der Waals surface area (Å²) in [6.45, 7) is 0. The van der Waals surface area contributed by atoms with E-state index in [2.05, 4.69) is 168 Å². The van der Waals surface area contributed by atoms with Gasteiger partial charge in [0.2, 0.25) is 0 Å². The van der Waals surface area contributed by atoms with Gasteiger partial charge in [-0.3, -0.25) is 0 Å². The molecule has 9 aromatic rings. The Balaban J connectivity index is 1.46. The molecule has 0 bridgehead atoms. The zero-order valence-electron chi connectivity index (χ0n) is 23.5. The predicted octanol–water partition coefficient (Wildman–Crippen LogP) is 11.6. The molecule has 43 heavy (non-hydrogen) atoms. The zero-order valence-corrected chi connectivity index (χ0v) is 23.5. The maximum absolute atomic E-state index is 2.47. The molecule has 0 aliphatic carbocycles. The number of hydrogen-bond donors (Lipinski definition) is 0. The Labute approximate surface area is 249 Å². The van der Waals surface area contributed by atoms with E-state index in [1.165, 1.54) is 82.1 Å². The van der Waals surface area contributed by atoms with E-state index in [0.717, 1.165) is 0 Å². The summed E-state index contributed by atoms with van der Waals surface area (Å²) in [6, 6.07) is 59.6. The number of aromatic nitrogens is 1. The summed E-state index contributed by atoms with van der Waals surface area (Å²) < 4.78 is 2.47. The Bertz CT molecular complexity index is 2470. The molecular weight excluding hydrogens is 518 g/mol. The molecule has 0 radical (unpaired) electrons. The van der Waals surface area contributed by atoms with Gasteiger partial charge in [-0.15, -0.1) is 0 Å². The summed E-state index contributed by atoms with van der Waals surface area (Å²) in [4.78, 5) is 0. The first-order valence-electron chi connectivity index (χ1n) is 14.9. The Morgan fingerprint density at radius 1 is 0.326 bits per heavy atom. The highest BCUT2D eigenvalue weighted by Crippen LogP contribution is 2.46. The van der Waals surface area contributed by atoms with Crippen molar-refractivity contribution >= 4 is 54.1 Å². The number of benzene rings is 8. The lowest BCUT2D eigenvalue weighted by Crippen LogP contribution is -1.95. The summed E-state index contributed by atoms with van der Waals surface area (Å²) in [5.41, 5.74) is 8.61. The SMILES string of the molecule is c1ccc(-c2ccc(-n3c4ccccc4c4c5c6ccccc6c(-c6ccccc6)cc5c5ccccc5c43)cc2)cc1. The average Bonchev–Trinajstić information content (AvgIpc) is 3.44. The molecule has 0 saturated carbocycles. The van der Waals surface area contributed by atoms with Gasteiger partial charge in [-0.2, -0.15) is 0 Å². The van der Waals surface area contributed by atoms with Gasteiger partial charge in [0.05, 0.1) is 11.0 Å². The molecule has 0 aliphatic rings. The van der Waals surface area contributed by atoms with Crippen LogP contribution in [-0.2, 0) is 0 Å². The van der Waals surface area contributed by atoms with E-state index in [1.807, 2.05) is 0 Å². The van der Waals surface area contributed by atoms with Crippen molar-refractivity contribution < 1.29 is 0 Å². The second kappa shape index (κ2) is 9.44. The highest BCUT2D eigenvalue weighted by Gasteiger charge is 2.21. The van der Waals surface area contributed by atoms with Gasteiger partial charge in [0.25, 0.3) is 0 Å². The fourth-order valence-electron chi connectivity index (χ4n) is 7.09. The van der Waals surface area contributed by atoms with Crippen molar-refractivity contribution in [2.45, 2.75) is 0 Å². The average molecular weight is 546 g/mol. The van der Waals surface area contributed by atoms with Gasteiger partial charge in [0.15, 0.2) is 0 Å². The topological polar surface area (TPSA) is 4.93 Å². The Kier molecular flexibility index (Phi) is 5.27. The van der Waals surface area contributed by atoms with E-state index in [4.69, 9.17) is 0 Å². The molecule has 0 aliphatic heterocycles. The van der Waals surface area contributed by atoms with Crippen molar-refractivity contribution in [1.82, 2.24) is 4.57 Å². The first-order valence-corrected chi connectivity index (χ1v) is 14.9. The summed E-state index contributed by atoms with van der Waals surface area (Å²) in [7, 11) is 0. The smallest absolute Gasteiger partial charge is 0.0626 e. The lowest BCUT2D eigenvalue weighted by molar-refractivity contribution is 1.19. The number of hydrogen-bond acceptors (Lipinski definition) is 0. The lowest BCUT2D eigenvalue weighted by Gasteiger charge is -2.16. The largest absolute Gasteiger partial charge is 0.309 e. The van der Waals surface area contributed by atoms with Crippen molar-refractivity contribution in [3.05, 3.63) is 164 Å². The molecule has 9 rings (SSSR count). The molecule has 200 valence electrons. The van der Waals surface area contributed by atoms with Crippen LogP contribution in [0.2, 0.25) is 0 Å². The van der Waals surface area contributed by atoms with Crippen LogP contribution in [0.25, 0.3) is 82.1 Å². The molecule has 1 nitrogen and oxygen atoms in total. The molecule has 1 heteroatoms. The summed E-state index contributed by atoms with van der Waals surface area (Å²) in [5, 5.41) is 10.3. The molecule has 0 unspecified atom stereocenters. The van der Waals surface area contributed by atoms with Crippen molar-refractivity contribution in [3.63, 3.8) is 0 Å². The fourth-order valence-corrected chi connectivity index (χ4v) is 7.09. The number of nitrogens with zero attached hydrogens (tertiary/aromatic N) is 1. The molecule has 0 spiro atoms. The Hall–Kier alpha value is -5.66. The van der Waals surface area contributed by atoms with E-state index in [9.17, 15) is 0 Å². The molecule has 0 amide bonds. The van der Waals surface area contributed by atoms with Gasteiger partial charge in [-0.25, -0.2) is 0 Å².